The van der Waals surface area contributed by atoms with E-state index in [1.54, 1.807) is 18.9 Å². The Morgan fingerprint density at radius 1 is 1.17 bits per heavy atom. The van der Waals surface area contributed by atoms with Crippen molar-refractivity contribution in [2.24, 2.45) is 0 Å². The zero-order chi connectivity index (χ0) is 25.8. The number of ether oxygens (including phenoxy) is 1. The molecule has 0 radical (unpaired) electrons. The molecule has 0 saturated heterocycles. The molecule has 1 unspecified atom stereocenters. The van der Waals surface area contributed by atoms with Crippen LogP contribution in [-0.2, 0) is 27.2 Å². The van der Waals surface area contributed by atoms with E-state index in [9.17, 15) is 4.79 Å². The minimum atomic E-state index is -0.250. The van der Waals surface area contributed by atoms with Crippen molar-refractivity contribution in [3.63, 3.8) is 0 Å². The molecule has 1 saturated carbocycles. The van der Waals surface area contributed by atoms with Crippen LogP contribution in [0.3, 0.4) is 0 Å². The van der Waals surface area contributed by atoms with Gasteiger partial charge in [0.05, 0.1) is 11.0 Å². The van der Waals surface area contributed by atoms with Crippen molar-refractivity contribution in [3.8, 4) is 0 Å². The van der Waals surface area contributed by atoms with Gasteiger partial charge in [0, 0.05) is 30.8 Å². The number of hydrogen-bond acceptors (Lipinski definition) is 5. The van der Waals surface area contributed by atoms with E-state index in [-0.39, 0.29) is 11.9 Å². The molecule has 1 aliphatic carbocycles. The normalized spacial score (nSPS) is 14.6. The summed E-state index contributed by atoms with van der Waals surface area (Å²) in [6.45, 7) is -0.250. The summed E-state index contributed by atoms with van der Waals surface area (Å²) in [7, 11) is 1.77. The van der Waals surface area contributed by atoms with E-state index in [1.165, 1.54) is 43.2 Å². The van der Waals surface area contributed by atoms with Crippen LogP contribution in [-0.4, -0.2) is 46.3 Å². The second-order valence-electron chi connectivity index (χ2n) is 8.97. The fourth-order valence-corrected chi connectivity index (χ4v) is 5.74. The number of hydrogen-bond donors (Lipinski definition) is 2. The second kappa shape index (κ2) is 14.7. The highest BCUT2D eigenvalue weighted by molar-refractivity contribution is 7.99. The molecule has 7 nitrogen and oxygen atoms in total. The maximum atomic E-state index is 11.3. The van der Waals surface area contributed by atoms with Crippen molar-refractivity contribution in [1.29, 1.82) is 0 Å². The number of amides is 1. The number of nitrogens with one attached hydrogen (secondary N) is 1. The van der Waals surface area contributed by atoms with Gasteiger partial charge in [-0.2, -0.15) is 0 Å². The van der Waals surface area contributed by atoms with E-state index < -0.39 is 0 Å². The number of thioether (sulfide) groups is 1. The number of methoxy groups -OCH3 is 1. The summed E-state index contributed by atoms with van der Waals surface area (Å²) in [5.41, 5.74) is 5.72. The molecule has 8 heteroatoms. The maximum absolute atomic E-state index is 11.3. The molecule has 1 fully saturated rings. The van der Waals surface area contributed by atoms with Crippen molar-refractivity contribution < 1.29 is 19.4 Å². The number of benzene rings is 2. The summed E-state index contributed by atoms with van der Waals surface area (Å²) in [6.07, 6.45) is 12.8. The van der Waals surface area contributed by atoms with Gasteiger partial charge in [0.15, 0.2) is 0 Å². The summed E-state index contributed by atoms with van der Waals surface area (Å²) >= 11 is 1.74. The highest BCUT2D eigenvalue weighted by Crippen LogP contribution is 2.36. The lowest BCUT2D eigenvalue weighted by Gasteiger charge is -2.26. The Bertz CT molecular complexity index is 1090. The summed E-state index contributed by atoms with van der Waals surface area (Å²) in [4.78, 5) is 24.9. The van der Waals surface area contributed by atoms with Crippen LogP contribution in [0.2, 0.25) is 0 Å². The fraction of sp³-hybridized carbons (Fsp3) is 0.464. The van der Waals surface area contributed by atoms with Gasteiger partial charge in [-0.05, 0) is 56.1 Å². The molecule has 1 heterocycles. The number of aromatic nitrogens is 2. The number of nitrogens with zero attached hydrogens (tertiary/aromatic N) is 2. The summed E-state index contributed by atoms with van der Waals surface area (Å²) in [5, 5.41) is 9.81. The van der Waals surface area contributed by atoms with Crippen LogP contribution >= 0.6 is 11.8 Å². The smallest absolute Gasteiger partial charge is 0.290 e. The Hall–Kier alpha value is -2.84. The third-order valence-electron chi connectivity index (χ3n) is 6.79. The van der Waals surface area contributed by atoms with Crippen LogP contribution in [0.25, 0.3) is 11.0 Å². The van der Waals surface area contributed by atoms with Gasteiger partial charge >= 0.3 is 0 Å². The van der Waals surface area contributed by atoms with Crippen molar-refractivity contribution in [3.05, 3.63) is 59.4 Å². The maximum Gasteiger partial charge on any atom is 0.290 e. The van der Waals surface area contributed by atoms with Crippen molar-refractivity contribution >= 4 is 41.4 Å². The first-order chi connectivity index (χ1) is 17.7. The minimum absolute atomic E-state index is 0.195. The molecule has 36 heavy (non-hydrogen) atoms. The highest BCUT2D eigenvalue weighted by Gasteiger charge is 2.24. The first-order valence-corrected chi connectivity index (χ1v) is 13.9. The average molecular weight is 512 g/mol. The second-order valence-corrected chi connectivity index (χ2v) is 9.97. The topological polar surface area (TPSA) is 93.5 Å². The predicted molar refractivity (Wildman–Crippen MR) is 147 cm³/mol. The van der Waals surface area contributed by atoms with Crippen molar-refractivity contribution in [1.82, 2.24) is 9.55 Å². The van der Waals surface area contributed by atoms with Crippen LogP contribution in [0.4, 0.5) is 5.69 Å². The van der Waals surface area contributed by atoms with E-state index in [0.29, 0.717) is 6.04 Å². The summed E-state index contributed by atoms with van der Waals surface area (Å²) in [5.74, 6) is 1.13. The molecule has 194 valence electrons. The van der Waals surface area contributed by atoms with E-state index >= 15 is 0 Å². The third kappa shape index (κ3) is 7.11. The number of rotatable bonds is 11. The highest BCUT2D eigenvalue weighted by atomic mass is 32.2. The van der Waals surface area contributed by atoms with Crippen LogP contribution < -0.4 is 5.32 Å². The quantitative estimate of drug-likeness (QED) is 0.240. The van der Waals surface area contributed by atoms with Crippen LogP contribution in [0.15, 0.2) is 42.5 Å². The number of aryl methyl sites for hydroxylation is 1. The molecule has 1 aromatic heterocycles. The van der Waals surface area contributed by atoms with Crippen LogP contribution in [0.5, 0.6) is 0 Å². The SMILES string of the molecule is COC(CCCc1c(NC=O)ccc2c1nc(Cc1ccccc1)n2C1CCCCC1)SC.O=CO. The van der Waals surface area contributed by atoms with Gasteiger partial charge in [0.25, 0.3) is 6.47 Å². The van der Waals surface area contributed by atoms with Gasteiger partial charge in [0.2, 0.25) is 6.41 Å². The number of anilines is 1. The zero-order valence-corrected chi connectivity index (χ0v) is 22.0. The summed E-state index contributed by atoms with van der Waals surface area (Å²) in [6, 6.07) is 15.3. The fourth-order valence-electron chi connectivity index (χ4n) is 5.14. The van der Waals surface area contributed by atoms with Gasteiger partial charge in [-0.15, -0.1) is 11.8 Å². The molecule has 3 aromatic rings. The van der Waals surface area contributed by atoms with Crippen molar-refractivity contribution in [2.45, 2.75) is 69.3 Å². The van der Waals surface area contributed by atoms with E-state index in [1.807, 2.05) is 0 Å². The minimum Gasteiger partial charge on any atom is -0.483 e. The molecular weight excluding hydrogens is 474 g/mol. The molecule has 0 spiro atoms. The number of carbonyl (C=O) groups excluding carboxylic acids is 1. The van der Waals surface area contributed by atoms with Crippen LogP contribution in [0, 0.1) is 0 Å². The average Bonchev–Trinajstić information content (AvgIpc) is 3.27. The van der Waals surface area contributed by atoms with E-state index in [2.05, 4.69) is 58.6 Å². The number of carbonyl (C=O) groups is 2. The van der Waals surface area contributed by atoms with E-state index in [0.717, 1.165) is 54.7 Å². The molecule has 1 atom stereocenters. The molecule has 2 aromatic carbocycles. The Kier molecular flexibility index (Phi) is 11.3. The van der Waals surface area contributed by atoms with Gasteiger partial charge in [-0.1, -0.05) is 49.6 Å². The molecule has 1 aliphatic rings. The molecular formula is C28H37N3O4S. The first kappa shape index (κ1) is 27.7. The van der Waals surface area contributed by atoms with E-state index in [4.69, 9.17) is 19.6 Å². The van der Waals surface area contributed by atoms with Gasteiger partial charge in [0.1, 0.15) is 11.3 Å². The number of carboxylic acid groups (broad SMARTS) is 1. The van der Waals surface area contributed by atoms with Gasteiger partial charge < -0.3 is 19.7 Å². The van der Waals surface area contributed by atoms with Gasteiger partial charge in [-0.3, -0.25) is 9.59 Å². The molecule has 1 amide bonds. The lowest BCUT2D eigenvalue weighted by Crippen LogP contribution is -2.15. The predicted octanol–water partition coefficient (Wildman–Crippen LogP) is 6.06. The Morgan fingerprint density at radius 3 is 2.53 bits per heavy atom. The first-order valence-electron chi connectivity index (χ1n) is 12.6. The molecule has 0 aliphatic heterocycles. The molecule has 2 N–H and O–H groups in total. The van der Waals surface area contributed by atoms with Gasteiger partial charge in [-0.25, -0.2) is 4.98 Å². The largest absolute Gasteiger partial charge is 0.483 e. The number of fused-ring (bicyclic) bond motifs is 1. The molecule has 4 rings (SSSR count). The lowest BCUT2D eigenvalue weighted by atomic mass is 9.94. The zero-order valence-electron chi connectivity index (χ0n) is 21.2. The monoisotopic (exact) mass is 511 g/mol. The number of imidazole rings is 1. The third-order valence-corrected chi connectivity index (χ3v) is 7.75. The standard InChI is InChI=1S/C27H35N3O2S.CH2O2/c1-32-26(33-2)15-9-14-22-23(28-19-31)16-17-24-27(22)29-25(18-20-10-5-3-6-11-20)30(24)21-12-7-4-8-13-21;2-1-3/h3,5-6,10-11,16-17,19,21,26H,4,7-9,12-15,18H2,1-2H3,(H,28,31);1H,(H,2,3). The van der Waals surface area contributed by atoms with Crippen LogP contribution in [0.1, 0.15) is 67.9 Å². The molecule has 0 bridgehead atoms. The Balaban J connectivity index is 0.00000115. The van der Waals surface area contributed by atoms with Crippen molar-refractivity contribution in [2.75, 3.05) is 18.7 Å². The Morgan fingerprint density at radius 2 is 1.89 bits per heavy atom. The lowest BCUT2D eigenvalue weighted by molar-refractivity contribution is -0.122. The summed E-state index contributed by atoms with van der Waals surface area (Å²) < 4.78 is 8.05. The Labute approximate surface area is 217 Å².